The number of nitrogens with zero attached hydrogens (tertiary/aromatic N) is 2. The van der Waals surface area contributed by atoms with Crippen LogP contribution in [0.3, 0.4) is 0 Å². The molecule has 2 heteroatoms. The van der Waals surface area contributed by atoms with Crippen molar-refractivity contribution in [3.63, 3.8) is 0 Å². The Morgan fingerprint density at radius 2 is 1.55 bits per heavy atom. The number of rotatable bonds is 2. The average Bonchev–Trinajstić information content (AvgIpc) is 3.21. The summed E-state index contributed by atoms with van der Waals surface area (Å²) in [6, 6.07) is 21.1. The molecule has 0 amide bonds. The predicted molar refractivity (Wildman–Crippen MR) is 164 cm³/mol. The van der Waals surface area contributed by atoms with E-state index >= 15 is 0 Å². The van der Waals surface area contributed by atoms with Crippen molar-refractivity contribution in [1.29, 1.82) is 0 Å². The summed E-state index contributed by atoms with van der Waals surface area (Å²) in [6.07, 6.45) is 3.31. The number of aryl methyl sites for hydroxylation is 3. The topological polar surface area (TPSA) is 8.29 Å². The molecule has 7 rings (SSSR count). The fourth-order valence-corrected chi connectivity index (χ4v) is 7.19. The number of hydrogen-bond donors (Lipinski definition) is 0. The number of pyridine rings is 2. The van der Waals surface area contributed by atoms with Gasteiger partial charge in [-0.2, -0.15) is 0 Å². The van der Waals surface area contributed by atoms with Crippen LogP contribution in [0, 0.1) is 19.3 Å². The van der Waals surface area contributed by atoms with Gasteiger partial charge in [-0.15, -0.1) is 0 Å². The van der Waals surface area contributed by atoms with E-state index in [0.29, 0.717) is 5.92 Å². The Bertz CT molecular complexity index is 2080. The highest BCUT2D eigenvalue weighted by molar-refractivity contribution is 6.29. The van der Waals surface area contributed by atoms with E-state index in [2.05, 4.69) is 125 Å². The summed E-state index contributed by atoms with van der Waals surface area (Å²) in [5.41, 5.74) is 11.2. The average molecular weight is 498 g/mol. The summed E-state index contributed by atoms with van der Waals surface area (Å²) in [4.78, 5) is 0. The van der Waals surface area contributed by atoms with Crippen molar-refractivity contribution in [2.45, 2.75) is 60.8 Å². The zero-order valence-electron chi connectivity index (χ0n) is 24.0. The first kappa shape index (κ1) is 23.5. The van der Waals surface area contributed by atoms with Gasteiger partial charge in [0.05, 0.1) is 27.3 Å². The third kappa shape index (κ3) is 3.04. The maximum Gasteiger partial charge on any atom is 0.224 e. The van der Waals surface area contributed by atoms with Crippen molar-refractivity contribution in [3.05, 3.63) is 83.0 Å². The molecule has 190 valence electrons. The quantitative estimate of drug-likeness (QED) is 0.128. The van der Waals surface area contributed by atoms with Crippen LogP contribution in [-0.2, 0) is 13.5 Å². The standard InChI is InChI=1S/C36H37N2/c1-20(2)25-10-9-11-29-32(25)27-15-13-24-16-17-37(8)35-30-21(3)28-18-23(19-36(5,6)7)12-14-26(28)22(4)33(30)38(29)34(27)31(24)35/h9-18,20H,19H2,1-8H3/q+1. The maximum atomic E-state index is 2.60. The van der Waals surface area contributed by atoms with E-state index in [1.54, 1.807) is 0 Å². The Balaban J connectivity index is 1.81. The minimum absolute atomic E-state index is 0.256. The Kier molecular flexibility index (Phi) is 4.75. The highest BCUT2D eigenvalue weighted by Crippen LogP contribution is 2.45. The molecule has 0 radical (unpaired) electrons. The monoisotopic (exact) mass is 497 g/mol. The third-order valence-electron chi connectivity index (χ3n) is 8.76. The van der Waals surface area contributed by atoms with Crippen LogP contribution in [0.15, 0.2) is 60.8 Å². The predicted octanol–water partition coefficient (Wildman–Crippen LogP) is 9.30. The molecule has 0 saturated carbocycles. The second-order valence-corrected chi connectivity index (χ2v) is 13.0. The Morgan fingerprint density at radius 3 is 2.29 bits per heavy atom. The molecule has 4 aromatic carbocycles. The molecule has 0 aliphatic carbocycles. The number of fused-ring (bicyclic) bond motifs is 7. The maximum absolute atomic E-state index is 2.60. The minimum Gasteiger partial charge on any atom is -0.307 e. The van der Waals surface area contributed by atoms with Crippen molar-refractivity contribution in [1.82, 2.24) is 4.40 Å². The number of aromatic nitrogens is 2. The molecule has 0 atom stereocenters. The van der Waals surface area contributed by atoms with Gasteiger partial charge in [0, 0.05) is 16.8 Å². The summed E-state index contributed by atoms with van der Waals surface area (Å²) in [6.45, 7) is 16.3. The second-order valence-electron chi connectivity index (χ2n) is 13.0. The zero-order valence-corrected chi connectivity index (χ0v) is 24.0. The molecule has 3 heterocycles. The van der Waals surface area contributed by atoms with Gasteiger partial charge in [0.1, 0.15) is 7.05 Å². The molecule has 0 unspecified atom stereocenters. The van der Waals surface area contributed by atoms with E-state index in [1.807, 2.05) is 0 Å². The fraction of sp³-hybridized carbons (Fsp3) is 0.306. The van der Waals surface area contributed by atoms with Gasteiger partial charge in [0.2, 0.25) is 5.52 Å². The van der Waals surface area contributed by atoms with Gasteiger partial charge in [0.15, 0.2) is 6.20 Å². The van der Waals surface area contributed by atoms with Gasteiger partial charge in [-0.3, -0.25) is 0 Å². The van der Waals surface area contributed by atoms with Crippen molar-refractivity contribution >= 4 is 59.8 Å². The van der Waals surface area contributed by atoms with Crippen LogP contribution in [0.2, 0.25) is 0 Å². The molecule has 7 aromatic rings. The van der Waals surface area contributed by atoms with Crippen LogP contribution in [-0.4, -0.2) is 4.40 Å². The third-order valence-corrected chi connectivity index (χ3v) is 8.76. The summed E-state index contributed by atoms with van der Waals surface area (Å²) >= 11 is 0. The van der Waals surface area contributed by atoms with E-state index in [9.17, 15) is 0 Å². The Morgan fingerprint density at radius 1 is 0.789 bits per heavy atom. The normalized spacial score (nSPS) is 13.1. The van der Waals surface area contributed by atoms with Gasteiger partial charge in [0.25, 0.3) is 0 Å². The molecular weight excluding hydrogens is 460 g/mol. The number of benzene rings is 4. The lowest BCUT2D eigenvalue weighted by atomic mass is 9.86. The highest BCUT2D eigenvalue weighted by atomic mass is 15.0. The SMILES string of the molecule is Cc1c2cc(CC(C)(C)C)ccc2c(C)c2c1c1c3c(ccc4c5c(C(C)C)cccc5n2c43)cc[n+]1C. The summed E-state index contributed by atoms with van der Waals surface area (Å²) in [5, 5.41) is 9.58. The molecule has 0 aliphatic heterocycles. The zero-order chi connectivity index (χ0) is 26.7. The molecule has 0 spiro atoms. The van der Waals surface area contributed by atoms with Crippen LogP contribution in [0.5, 0.6) is 0 Å². The summed E-state index contributed by atoms with van der Waals surface area (Å²) in [5.74, 6) is 0.459. The van der Waals surface area contributed by atoms with Gasteiger partial charge in [-0.1, -0.05) is 77.1 Å². The van der Waals surface area contributed by atoms with Crippen molar-refractivity contribution < 1.29 is 4.57 Å². The molecule has 0 saturated heterocycles. The minimum atomic E-state index is 0.256. The lowest BCUT2D eigenvalue weighted by Gasteiger charge is -2.20. The molecule has 0 N–H and O–H groups in total. The molecule has 0 bridgehead atoms. The molecule has 2 nitrogen and oxygen atoms in total. The Labute approximate surface area is 224 Å². The first-order valence-electron chi connectivity index (χ1n) is 14.0. The molecule has 0 aliphatic rings. The van der Waals surface area contributed by atoms with Gasteiger partial charge in [-0.05, 0) is 76.1 Å². The van der Waals surface area contributed by atoms with Crippen molar-refractivity contribution in [2.75, 3.05) is 0 Å². The van der Waals surface area contributed by atoms with E-state index in [-0.39, 0.29) is 5.41 Å². The van der Waals surface area contributed by atoms with Gasteiger partial charge < -0.3 is 4.40 Å². The van der Waals surface area contributed by atoms with Crippen LogP contribution in [0.1, 0.15) is 62.8 Å². The fourth-order valence-electron chi connectivity index (χ4n) is 7.19. The van der Waals surface area contributed by atoms with Crippen molar-refractivity contribution in [2.24, 2.45) is 12.5 Å². The molecule has 3 aromatic heterocycles. The first-order valence-corrected chi connectivity index (χ1v) is 14.0. The van der Waals surface area contributed by atoms with E-state index in [0.717, 1.165) is 6.42 Å². The summed E-state index contributed by atoms with van der Waals surface area (Å²) < 4.78 is 4.95. The van der Waals surface area contributed by atoms with Gasteiger partial charge >= 0.3 is 0 Å². The largest absolute Gasteiger partial charge is 0.307 e. The highest BCUT2D eigenvalue weighted by Gasteiger charge is 2.27. The van der Waals surface area contributed by atoms with Crippen LogP contribution < -0.4 is 4.57 Å². The van der Waals surface area contributed by atoms with Crippen molar-refractivity contribution in [3.8, 4) is 0 Å². The van der Waals surface area contributed by atoms with E-state index in [1.165, 1.54) is 82.0 Å². The smallest absolute Gasteiger partial charge is 0.224 e. The molecule has 38 heavy (non-hydrogen) atoms. The van der Waals surface area contributed by atoms with E-state index < -0.39 is 0 Å². The lowest BCUT2D eigenvalue weighted by Crippen LogP contribution is -2.29. The second kappa shape index (κ2) is 7.69. The Hall–Kier alpha value is -3.65. The van der Waals surface area contributed by atoms with E-state index in [4.69, 9.17) is 0 Å². The van der Waals surface area contributed by atoms with Crippen LogP contribution in [0.4, 0.5) is 0 Å². The lowest BCUT2D eigenvalue weighted by molar-refractivity contribution is -0.643. The summed E-state index contributed by atoms with van der Waals surface area (Å²) in [7, 11) is 2.21. The molecule has 0 fully saturated rings. The molecular formula is C36H37N2+. The first-order chi connectivity index (χ1) is 18.1. The number of hydrogen-bond acceptors (Lipinski definition) is 0. The van der Waals surface area contributed by atoms with Crippen LogP contribution in [0.25, 0.3) is 59.8 Å². The van der Waals surface area contributed by atoms with Gasteiger partial charge in [-0.25, -0.2) is 4.57 Å². The van der Waals surface area contributed by atoms with Crippen LogP contribution >= 0.6 is 0 Å².